The van der Waals surface area contributed by atoms with Crippen molar-refractivity contribution in [2.75, 3.05) is 5.32 Å². The summed E-state index contributed by atoms with van der Waals surface area (Å²) in [6.07, 6.45) is 17.6. The number of aryl methyl sites for hydroxylation is 1. The first-order valence-corrected chi connectivity index (χ1v) is 16.0. The van der Waals surface area contributed by atoms with E-state index in [-0.39, 0.29) is 12.4 Å². The van der Waals surface area contributed by atoms with E-state index in [2.05, 4.69) is 71.1 Å². The third-order valence-electron chi connectivity index (χ3n) is 12.0. The van der Waals surface area contributed by atoms with Crippen LogP contribution in [-0.2, 0) is 0 Å². The molecule has 1 aromatic rings. The molecule has 3 N–H and O–H groups in total. The van der Waals surface area contributed by atoms with Crippen molar-refractivity contribution in [3.05, 3.63) is 41.5 Å². The summed E-state index contributed by atoms with van der Waals surface area (Å²) in [6, 6.07) is 8.61. The maximum Gasteiger partial charge on any atom is 0.193 e. The van der Waals surface area contributed by atoms with Crippen molar-refractivity contribution in [2.45, 2.75) is 118 Å². The molecule has 4 heteroatoms. The zero-order valence-electron chi connectivity index (χ0n) is 25.6. The lowest BCUT2D eigenvalue weighted by atomic mass is 9.47. The van der Waals surface area contributed by atoms with Gasteiger partial charge in [0.1, 0.15) is 0 Å². The highest BCUT2D eigenvalue weighted by atomic mass is 35.5. The number of benzene rings is 1. The van der Waals surface area contributed by atoms with Gasteiger partial charge >= 0.3 is 0 Å². The van der Waals surface area contributed by atoms with Gasteiger partial charge in [-0.1, -0.05) is 83.7 Å². The predicted molar refractivity (Wildman–Crippen MR) is 171 cm³/mol. The van der Waals surface area contributed by atoms with E-state index in [9.17, 15) is 0 Å². The van der Waals surface area contributed by atoms with Crippen molar-refractivity contribution in [3.8, 4) is 0 Å². The smallest absolute Gasteiger partial charge is 0.193 e. The molecule has 218 valence electrons. The molecule has 0 saturated heterocycles. The van der Waals surface area contributed by atoms with Crippen LogP contribution in [0.4, 0.5) is 5.69 Å². The number of hydrogen-bond acceptors (Lipinski definition) is 1. The van der Waals surface area contributed by atoms with Crippen molar-refractivity contribution in [3.63, 3.8) is 0 Å². The highest BCUT2D eigenvalue weighted by Gasteiger charge is 2.59. The standard InChI is InChI=1S/C35H55N3.ClH/c1-23(2)10-9-12-24(3)29-16-17-30-28-15-14-26-22-27(37-33(36)38-32-13-8-7-11-25(32)4)18-20-34(26,5)31(28)19-21-35(29,30)6;/h7-8,11,13-14,23-24,27-31H,9-10,12,15-22H2,1-6H3,(H3,36,37,38);1H/t24?,27?,28?,29-,30?,31?,34+,35-;/m1./s1. The van der Waals surface area contributed by atoms with Gasteiger partial charge in [-0.2, -0.15) is 0 Å². The Kier molecular flexibility index (Phi) is 9.51. The minimum atomic E-state index is 0. The zero-order chi connectivity index (χ0) is 27.1. The molecule has 3 nitrogen and oxygen atoms in total. The van der Waals surface area contributed by atoms with E-state index < -0.39 is 0 Å². The summed E-state index contributed by atoms with van der Waals surface area (Å²) in [5.41, 5.74) is 11.3. The Morgan fingerprint density at radius 1 is 1.03 bits per heavy atom. The lowest BCUT2D eigenvalue weighted by Crippen LogP contribution is -2.50. The number of anilines is 1. The summed E-state index contributed by atoms with van der Waals surface area (Å²) >= 11 is 0. The van der Waals surface area contributed by atoms with Gasteiger partial charge in [-0.3, -0.25) is 0 Å². The summed E-state index contributed by atoms with van der Waals surface area (Å²) < 4.78 is 0. The fraction of sp³-hybridized carbons (Fsp3) is 0.743. The monoisotopic (exact) mass is 553 g/mol. The molecule has 4 aliphatic carbocycles. The average molecular weight is 554 g/mol. The first-order chi connectivity index (χ1) is 18.1. The van der Waals surface area contributed by atoms with E-state index >= 15 is 0 Å². The Bertz CT molecular complexity index is 1050. The molecular weight excluding hydrogens is 498 g/mol. The topological polar surface area (TPSA) is 50.4 Å². The number of halogens is 1. The Morgan fingerprint density at radius 2 is 1.79 bits per heavy atom. The molecule has 3 saturated carbocycles. The van der Waals surface area contributed by atoms with Crippen LogP contribution in [0.15, 0.2) is 40.9 Å². The van der Waals surface area contributed by atoms with Crippen molar-refractivity contribution in [1.29, 1.82) is 0 Å². The van der Waals surface area contributed by atoms with Crippen LogP contribution in [0.3, 0.4) is 0 Å². The zero-order valence-corrected chi connectivity index (χ0v) is 26.5. The largest absolute Gasteiger partial charge is 0.370 e. The van der Waals surface area contributed by atoms with Crippen LogP contribution in [-0.4, -0.2) is 12.0 Å². The van der Waals surface area contributed by atoms with Crippen molar-refractivity contribution >= 4 is 24.1 Å². The lowest BCUT2D eigenvalue weighted by Gasteiger charge is -2.58. The van der Waals surface area contributed by atoms with Gasteiger partial charge in [0.25, 0.3) is 0 Å². The number of aliphatic imine (C=N–C) groups is 1. The number of nitrogens with two attached hydrogens (primary N) is 1. The summed E-state index contributed by atoms with van der Waals surface area (Å²) in [6.45, 7) is 14.8. The summed E-state index contributed by atoms with van der Waals surface area (Å²) in [5.74, 6) is 5.92. The van der Waals surface area contributed by atoms with Gasteiger partial charge in [-0.25, -0.2) is 4.99 Å². The Hall–Kier alpha value is -1.48. The number of allylic oxidation sites excluding steroid dienone is 1. The second-order valence-corrected chi connectivity index (χ2v) is 14.6. The molecule has 0 amide bonds. The van der Waals surface area contributed by atoms with Gasteiger partial charge in [0.05, 0.1) is 6.04 Å². The minimum absolute atomic E-state index is 0. The fourth-order valence-corrected chi connectivity index (χ4v) is 9.86. The molecule has 0 spiro atoms. The molecule has 3 fully saturated rings. The second kappa shape index (κ2) is 12.2. The molecule has 5 rings (SSSR count). The molecule has 39 heavy (non-hydrogen) atoms. The van der Waals surface area contributed by atoms with Gasteiger partial charge in [0, 0.05) is 5.69 Å². The molecule has 0 bridgehead atoms. The second-order valence-electron chi connectivity index (χ2n) is 14.6. The number of nitrogens with zero attached hydrogens (tertiary/aromatic N) is 1. The summed E-state index contributed by atoms with van der Waals surface area (Å²) in [7, 11) is 0. The van der Waals surface area contributed by atoms with Crippen molar-refractivity contribution in [2.24, 2.45) is 57.1 Å². The molecule has 4 aliphatic rings. The van der Waals surface area contributed by atoms with E-state index in [1.807, 2.05) is 6.07 Å². The third kappa shape index (κ3) is 5.95. The molecule has 8 atom stereocenters. The quantitative estimate of drug-likeness (QED) is 0.200. The van der Waals surface area contributed by atoms with Crippen molar-refractivity contribution < 1.29 is 0 Å². The van der Waals surface area contributed by atoms with Crippen LogP contribution in [0.2, 0.25) is 0 Å². The highest BCUT2D eigenvalue weighted by molar-refractivity contribution is 5.93. The first kappa shape index (κ1) is 30.5. The van der Waals surface area contributed by atoms with E-state index in [0.717, 1.165) is 54.0 Å². The van der Waals surface area contributed by atoms with Crippen molar-refractivity contribution in [1.82, 2.24) is 0 Å². The fourth-order valence-electron chi connectivity index (χ4n) is 9.86. The minimum Gasteiger partial charge on any atom is -0.370 e. The maximum absolute atomic E-state index is 6.39. The molecule has 0 aliphatic heterocycles. The number of hydrogen-bond donors (Lipinski definition) is 2. The normalized spacial score (nSPS) is 36.7. The number of guanidine groups is 1. The first-order valence-electron chi connectivity index (χ1n) is 16.0. The van der Waals surface area contributed by atoms with E-state index in [4.69, 9.17) is 10.7 Å². The SMILES string of the molecule is Cc1ccccc1NC(N)=NC1CC[C@@]2(C)C(=CCC3C2CC[C@@]2(C)C3CC[C@@H]2C(C)CCCC(C)C)C1.Cl. The lowest BCUT2D eigenvalue weighted by molar-refractivity contribution is -0.0508. The highest BCUT2D eigenvalue weighted by Crippen LogP contribution is 2.67. The predicted octanol–water partition coefficient (Wildman–Crippen LogP) is 9.55. The van der Waals surface area contributed by atoms with E-state index in [0.29, 0.717) is 22.8 Å². The number of nitrogens with one attached hydrogen (secondary N) is 1. The van der Waals surface area contributed by atoms with Gasteiger partial charge in [0.2, 0.25) is 0 Å². The van der Waals surface area contributed by atoms with Crippen LogP contribution < -0.4 is 11.1 Å². The molecule has 5 unspecified atom stereocenters. The average Bonchev–Trinajstić information content (AvgIpc) is 3.23. The third-order valence-corrected chi connectivity index (χ3v) is 12.0. The summed E-state index contributed by atoms with van der Waals surface area (Å²) in [4.78, 5) is 4.97. The van der Waals surface area contributed by atoms with Crippen LogP contribution in [0.5, 0.6) is 0 Å². The Labute approximate surface area is 245 Å². The van der Waals surface area contributed by atoms with Gasteiger partial charge in [-0.05, 0) is 116 Å². The summed E-state index contributed by atoms with van der Waals surface area (Å²) in [5, 5.41) is 3.35. The molecular formula is C35H56ClN3. The van der Waals surface area contributed by atoms with E-state index in [1.165, 1.54) is 63.4 Å². The maximum atomic E-state index is 6.39. The molecule has 0 heterocycles. The number of fused-ring (bicyclic) bond motifs is 5. The van der Waals surface area contributed by atoms with Crippen LogP contribution in [0.25, 0.3) is 0 Å². The molecule has 0 radical (unpaired) electrons. The Morgan fingerprint density at radius 3 is 2.54 bits per heavy atom. The van der Waals surface area contributed by atoms with Crippen LogP contribution in [0.1, 0.15) is 111 Å². The molecule has 0 aromatic heterocycles. The molecule has 1 aromatic carbocycles. The van der Waals surface area contributed by atoms with Gasteiger partial charge in [0.15, 0.2) is 5.96 Å². The van der Waals surface area contributed by atoms with Crippen LogP contribution >= 0.6 is 12.4 Å². The Balaban J connectivity index is 0.00000353. The van der Waals surface area contributed by atoms with E-state index in [1.54, 1.807) is 5.57 Å². The number of rotatable bonds is 7. The van der Waals surface area contributed by atoms with Gasteiger partial charge in [-0.15, -0.1) is 12.4 Å². The van der Waals surface area contributed by atoms with Gasteiger partial charge < -0.3 is 11.1 Å². The van der Waals surface area contributed by atoms with Crippen LogP contribution in [0, 0.1) is 53.3 Å². The number of para-hydroxylation sites is 1.